The van der Waals surface area contributed by atoms with Crippen LogP contribution in [0.5, 0.6) is 0 Å². The van der Waals surface area contributed by atoms with E-state index in [9.17, 15) is 0 Å². The summed E-state index contributed by atoms with van der Waals surface area (Å²) in [5.74, 6) is 0.584. The standard InChI is InChI=1S/C13H11ClN4S2/c1-2-15-12-16-7-8(14)11(18-12)20-13-17-9-5-3-4-6-10(9)19-13/h3-7H,2H2,1H3,(H,15,16,18). The summed E-state index contributed by atoms with van der Waals surface area (Å²) in [6, 6.07) is 8.05. The Bertz CT molecular complexity index is 711. The zero-order valence-electron chi connectivity index (χ0n) is 10.6. The van der Waals surface area contributed by atoms with E-state index in [1.807, 2.05) is 25.1 Å². The van der Waals surface area contributed by atoms with E-state index in [1.54, 1.807) is 17.5 Å². The maximum Gasteiger partial charge on any atom is 0.223 e. The van der Waals surface area contributed by atoms with Crippen LogP contribution in [0.3, 0.4) is 0 Å². The third-order valence-corrected chi connectivity index (χ3v) is 5.00. The molecule has 0 saturated heterocycles. The molecule has 20 heavy (non-hydrogen) atoms. The van der Waals surface area contributed by atoms with E-state index in [1.165, 1.54) is 11.8 Å². The molecule has 3 aromatic rings. The first-order valence-electron chi connectivity index (χ1n) is 6.06. The third-order valence-electron chi connectivity index (χ3n) is 2.51. The monoisotopic (exact) mass is 322 g/mol. The topological polar surface area (TPSA) is 50.7 Å². The molecule has 1 N–H and O–H groups in total. The molecule has 0 spiro atoms. The van der Waals surface area contributed by atoms with Gasteiger partial charge in [0.05, 0.1) is 21.4 Å². The van der Waals surface area contributed by atoms with Crippen molar-refractivity contribution in [2.75, 3.05) is 11.9 Å². The maximum atomic E-state index is 6.15. The minimum absolute atomic E-state index is 0.538. The molecule has 0 atom stereocenters. The first kappa shape index (κ1) is 13.6. The third kappa shape index (κ3) is 2.87. The fraction of sp³-hybridized carbons (Fsp3) is 0.154. The molecule has 0 aliphatic carbocycles. The van der Waals surface area contributed by atoms with Gasteiger partial charge in [-0.2, -0.15) is 0 Å². The molecule has 0 radical (unpaired) electrons. The lowest BCUT2D eigenvalue weighted by atomic mass is 10.3. The van der Waals surface area contributed by atoms with Gasteiger partial charge in [-0.1, -0.05) is 23.7 Å². The fourth-order valence-corrected chi connectivity index (χ4v) is 3.81. The molecule has 0 saturated carbocycles. The average Bonchev–Trinajstić information content (AvgIpc) is 2.85. The van der Waals surface area contributed by atoms with Gasteiger partial charge in [0, 0.05) is 6.54 Å². The van der Waals surface area contributed by atoms with Crippen LogP contribution in [0, 0.1) is 0 Å². The van der Waals surface area contributed by atoms with Gasteiger partial charge < -0.3 is 5.32 Å². The molecule has 0 bridgehead atoms. The van der Waals surface area contributed by atoms with Crippen molar-refractivity contribution in [3.05, 3.63) is 35.5 Å². The van der Waals surface area contributed by atoms with Crippen molar-refractivity contribution in [3.8, 4) is 0 Å². The highest BCUT2D eigenvalue weighted by molar-refractivity contribution is 8.01. The number of fused-ring (bicyclic) bond motifs is 1. The maximum absolute atomic E-state index is 6.15. The van der Waals surface area contributed by atoms with Crippen molar-refractivity contribution in [1.82, 2.24) is 15.0 Å². The van der Waals surface area contributed by atoms with E-state index in [-0.39, 0.29) is 0 Å². The summed E-state index contributed by atoms with van der Waals surface area (Å²) in [5, 5.41) is 4.33. The number of nitrogens with zero attached hydrogens (tertiary/aromatic N) is 3. The number of thiazole rings is 1. The summed E-state index contributed by atoms with van der Waals surface area (Å²) < 4.78 is 2.08. The Morgan fingerprint density at radius 2 is 2.15 bits per heavy atom. The fourth-order valence-electron chi connectivity index (χ4n) is 1.64. The summed E-state index contributed by atoms with van der Waals surface area (Å²) in [4.78, 5) is 13.1. The molecule has 0 fully saturated rings. The minimum Gasteiger partial charge on any atom is -0.354 e. The number of hydrogen-bond donors (Lipinski definition) is 1. The number of aromatic nitrogens is 3. The largest absolute Gasteiger partial charge is 0.354 e. The molecule has 3 rings (SSSR count). The predicted octanol–water partition coefficient (Wildman–Crippen LogP) is 4.32. The Kier molecular flexibility index (Phi) is 4.05. The Labute approximate surface area is 129 Å². The smallest absolute Gasteiger partial charge is 0.223 e. The van der Waals surface area contributed by atoms with Gasteiger partial charge in [-0.15, -0.1) is 11.3 Å². The molecule has 7 heteroatoms. The molecular weight excluding hydrogens is 312 g/mol. The van der Waals surface area contributed by atoms with Crippen LogP contribution in [0.4, 0.5) is 5.95 Å². The molecule has 0 amide bonds. The second kappa shape index (κ2) is 5.95. The van der Waals surface area contributed by atoms with E-state index < -0.39 is 0 Å². The van der Waals surface area contributed by atoms with Crippen LogP contribution in [0.1, 0.15) is 6.92 Å². The second-order valence-corrected chi connectivity index (χ2v) is 6.60. The Balaban J connectivity index is 1.91. The van der Waals surface area contributed by atoms with Crippen LogP contribution < -0.4 is 5.32 Å². The number of rotatable bonds is 4. The van der Waals surface area contributed by atoms with Crippen LogP contribution in [0.25, 0.3) is 10.2 Å². The highest BCUT2D eigenvalue weighted by Crippen LogP contribution is 2.36. The summed E-state index contributed by atoms with van der Waals surface area (Å²) in [5.41, 5.74) is 0.997. The van der Waals surface area contributed by atoms with Crippen LogP contribution in [-0.2, 0) is 0 Å². The summed E-state index contributed by atoms with van der Waals surface area (Å²) >= 11 is 9.24. The number of para-hydroxylation sites is 1. The predicted molar refractivity (Wildman–Crippen MR) is 84.9 cm³/mol. The molecule has 0 unspecified atom stereocenters. The van der Waals surface area contributed by atoms with Gasteiger partial charge in [-0.25, -0.2) is 15.0 Å². The van der Waals surface area contributed by atoms with Gasteiger partial charge in [0.2, 0.25) is 5.95 Å². The average molecular weight is 323 g/mol. The molecule has 4 nitrogen and oxygen atoms in total. The van der Waals surface area contributed by atoms with E-state index >= 15 is 0 Å². The van der Waals surface area contributed by atoms with Crippen molar-refractivity contribution in [1.29, 1.82) is 0 Å². The van der Waals surface area contributed by atoms with Crippen LogP contribution in [0.15, 0.2) is 39.8 Å². The molecule has 2 heterocycles. The SMILES string of the molecule is CCNc1ncc(Cl)c(Sc2nc3ccccc3s2)n1. The lowest BCUT2D eigenvalue weighted by molar-refractivity contribution is 1.01. The Morgan fingerprint density at radius 3 is 2.95 bits per heavy atom. The van der Waals surface area contributed by atoms with Gasteiger partial charge in [-0.05, 0) is 30.8 Å². The van der Waals surface area contributed by atoms with E-state index in [0.717, 1.165) is 26.1 Å². The molecule has 0 aliphatic rings. The van der Waals surface area contributed by atoms with E-state index in [2.05, 4.69) is 26.3 Å². The highest BCUT2D eigenvalue weighted by atomic mass is 35.5. The van der Waals surface area contributed by atoms with Crippen molar-refractivity contribution >= 4 is 50.9 Å². The zero-order valence-corrected chi connectivity index (χ0v) is 13.0. The lowest BCUT2D eigenvalue weighted by Crippen LogP contribution is -2.02. The molecule has 1 aromatic carbocycles. The number of benzene rings is 1. The number of nitrogens with one attached hydrogen (secondary N) is 1. The van der Waals surface area contributed by atoms with Crippen molar-refractivity contribution in [3.63, 3.8) is 0 Å². The van der Waals surface area contributed by atoms with Crippen molar-refractivity contribution in [2.45, 2.75) is 16.3 Å². The van der Waals surface area contributed by atoms with Crippen molar-refractivity contribution in [2.24, 2.45) is 0 Å². The molecule has 102 valence electrons. The normalized spacial score (nSPS) is 10.9. The summed E-state index contributed by atoms with van der Waals surface area (Å²) in [6.07, 6.45) is 1.61. The number of anilines is 1. The van der Waals surface area contributed by atoms with Crippen LogP contribution >= 0.6 is 34.7 Å². The lowest BCUT2D eigenvalue weighted by Gasteiger charge is -2.04. The first-order valence-corrected chi connectivity index (χ1v) is 8.07. The Hall–Kier alpha value is -1.37. The number of halogens is 1. The molecule has 0 aliphatic heterocycles. The summed E-state index contributed by atoms with van der Waals surface area (Å²) in [6.45, 7) is 2.77. The number of hydrogen-bond acceptors (Lipinski definition) is 6. The zero-order chi connectivity index (χ0) is 13.9. The van der Waals surface area contributed by atoms with E-state index in [4.69, 9.17) is 11.6 Å². The highest BCUT2D eigenvalue weighted by Gasteiger charge is 2.11. The van der Waals surface area contributed by atoms with E-state index in [0.29, 0.717) is 11.0 Å². The quantitative estimate of drug-likeness (QED) is 0.725. The van der Waals surface area contributed by atoms with Gasteiger partial charge in [0.1, 0.15) is 5.03 Å². The van der Waals surface area contributed by atoms with Gasteiger partial charge in [-0.3, -0.25) is 0 Å². The second-order valence-electron chi connectivity index (χ2n) is 3.93. The molecule has 2 aromatic heterocycles. The van der Waals surface area contributed by atoms with Gasteiger partial charge >= 0.3 is 0 Å². The van der Waals surface area contributed by atoms with Gasteiger partial charge in [0.15, 0.2) is 4.34 Å². The van der Waals surface area contributed by atoms with Crippen LogP contribution in [0.2, 0.25) is 5.02 Å². The molecular formula is C13H11ClN4S2. The first-order chi connectivity index (χ1) is 9.76. The Morgan fingerprint density at radius 1 is 1.30 bits per heavy atom. The van der Waals surface area contributed by atoms with Crippen LogP contribution in [-0.4, -0.2) is 21.5 Å². The summed E-state index contributed by atoms with van der Waals surface area (Å²) in [7, 11) is 0. The van der Waals surface area contributed by atoms with Crippen molar-refractivity contribution < 1.29 is 0 Å². The van der Waals surface area contributed by atoms with Gasteiger partial charge in [0.25, 0.3) is 0 Å². The minimum atomic E-state index is 0.538.